The van der Waals surface area contributed by atoms with Crippen LogP contribution >= 0.6 is 11.9 Å². The smallest absolute Gasteiger partial charge is 0.0314 e. The van der Waals surface area contributed by atoms with Crippen LogP contribution in [0.5, 0.6) is 0 Å². The highest BCUT2D eigenvalue weighted by Gasteiger charge is 2.00. The quantitative estimate of drug-likeness (QED) is 0.559. The summed E-state index contributed by atoms with van der Waals surface area (Å²) in [5.74, 6) is 6.42. The SMILES string of the molecule is Cc1cc(C#Cc2ccccc2)ccc1SNCc1ccncc1. The fourth-order valence-corrected chi connectivity index (χ4v) is 2.96. The highest BCUT2D eigenvalue weighted by atomic mass is 32.2. The third kappa shape index (κ3) is 4.73. The Bertz CT molecular complexity index is 849. The van der Waals surface area contributed by atoms with E-state index >= 15 is 0 Å². The van der Waals surface area contributed by atoms with Gasteiger partial charge in [0.2, 0.25) is 0 Å². The molecular formula is C21H18N2S. The van der Waals surface area contributed by atoms with Crippen molar-refractivity contribution >= 4 is 11.9 Å². The van der Waals surface area contributed by atoms with E-state index in [1.54, 1.807) is 11.9 Å². The predicted molar refractivity (Wildman–Crippen MR) is 101 cm³/mol. The zero-order valence-corrected chi connectivity index (χ0v) is 14.3. The van der Waals surface area contributed by atoms with Gasteiger partial charge in [0, 0.05) is 35.0 Å². The van der Waals surface area contributed by atoms with Crippen molar-refractivity contribution in [1.82, 2.24) is 9.71 Å². The molecule has 0 spiro atoms. The minimum atomic E-state index is 0.808. The van der Waals surface area contributed by atoms with Gasteiger partial charge < -0.3 is 0 Å². The van der Waals surface area contributed by atoms with Gasteiger partial charge in [-0.3, -0.25) is 9.71 Å². The Morgan fingerprint density at radius 1 is 0.917 bits per heavy atom. The molecule has 1 aromatic heterocycles. The summed E-state index contributed by atoms with van der Waals surface area (Å²) in [4.78, 5) is 5.24. The largest absolute Gasteiger partial charge is 0.265 e. The molecule has 0 atom stereocenters. The third-order valence-corrected chi connectivity index (χ3v) is 4.47. The van der Waals surface area contributed by atoms with Crippen molar-refractivity contribution in [3.63, 3.8) is 0 Å². The molecular weight excluding hydrogens is 312 g/mol. The van der Waals surface area contributed by atoms with E-state index in [-0.39, 0.29) is 0 Å². The number of pyridine rings is 1. The molecule has 0 aliphatic heterocycles. The van der Waals surface area contributed by atoms with E-state index in [0.29, 0.717) is 0 Å². The van der Waals surface area contributed by atoms with Gasteiger partial charge in [-0.1, -0.05) is 30.0 Å². The van der Waals surface area contributed by atoms with Gasteiger partial charge in [0.25, 0.3) is 0 Å². The van der Waals surface area contributed by atoms with Crippen LogP contribution < -0.4 is 4.72 Å². The number of nitrogens with zero attached hydrogens (tertiary/aromatic N) is 1. The van der Waals surface area contributed by atoms with Gasteiger partial charge >= 0.3 is 0 Å². The van der Waals surface area contributed by atoms with Crippen LogP contribution in [0.15, 0.2) is 78.0 Å². The lowest BCUT2D eigenvalue weighted by Gasteiger charge is -2.07. The van der Waals surface area contributed by atoms with Crippen molar-refractivity contribution in [3.8, 4) is 11.8 Å². The monoisotopic (exact) mass is 330 g/mol. The third-order valence-electron chi connectivity index (χ3n) is 3.51. The van der Waals surface area contributed by atoms with E-state index in [1.807, 2.05) is 54.9 Å². The van der Waals surface area contributed by atoms with Crippen LogP contribution in [0.2, 0.25) is 0 Å². The Morgan fingerprint density at radius 2 is 1.67 bits per heavy atom. The molecule has 0 fully saturated rings. The lowest BCUT2D eigenvalue weighted by molar-refractivity contribution is 0.968. The first kappa shape index (κ1) is 16.3. The zero-order valence-electron chi connectivity index (χ0n) is 13.5. The minimum Gasteiger partial charge on any atom is -0.265 e. The van der Waals surface area contributed by atoms with Crippen molar-refractivity contribution < 1.29 is 0 Å². The second kappa shape index (κ2) is 8.35. The second-order valence-corrected chi connectivity index (χ2v) is 6.31. The molecule has 0 saturated heterocycles. The number of aromatic nitrogens is 1. The first-order chi connectivity index (χ1) is 11.8. The van der Waals surface area contributed by atoms with Crippen molar-refractivity contribution in [2.24, 2.45) is 0 Å². The van der Waals surface area contributed by atoms with Crippen molar-refractivity contribution in [1.29, 1.82) is 0 Å². The number of aryl methyl sites for hydroxylation is 1. The maximum absolute atomic E-state index is 4.03. The van der Waals surface area contributed by atoms with Crippen molar-refractivity contribution in [3.05, 3.63) is 95.3 Å². The second-order valence-electron chi connectivity index (χ2n) is 5.37. The van der Waals surface area contributed by atoms with E-state index < -0.39 is 0 Å². The Labute approximate surface area is 147 Å². The van der Waals surface area contributed by atoms with Crippen LogP contribution in [-0.4, -0.2) is 4.98 Å². The summed E-state index contributed by atoms with van der Waals surface area (Å²) in [7, 11) is 0. The molecule has 0 aliphatic rings. The van der Waals surface area contributed by atoms with Crippen LogP contribution in [0.4, 0.5) is 0 Å². The normalized spacial score (nSPS) is 10.0. The van der Waals surface area contributed by atoms with Crippen molar-refractivity contribution in [2.75, 3.05) is 0 Å². The van der Waals surface area contributed by atoms with Crippen LogP contribution in [0.3, 0.4) is 0 Å². The Hall–Kier alpha value is -2.54. The first-order valence-electron chi connectivity index (χ1n) is 7.77. The topological polar surface area (TPSA) is 24.9 Å². The van der Waals surface area contributed by atoms with Crippen LogP contribution in [0, 0.1) is 18.8 Å². The molecule has 2 aromatic carbocycles. The van der Waals surface area contributed by atoms with Gasteiger partial charge in [-0.25, -0.2) is 0 Å². The number of hydrogen-bond acceptors (Lipinski definition) is 3. The average Bonchev–Trinajstić information content (AvgIpc) is 2.63. The predicted octanol–water partition coefficient (Wildman–Crippen LogP) is 4.59. The van der Waals surface area contributed by atoms with Gasteiger partial charge in [-0.15, -0.1) is 0 Å². The summed E-state index contributed by atoms with van der Waals surface area (Å²) < 4.78 is 3.39. The minimum absolute atomic E-state index is 0.808. The van der Waals surface area contributed by atoms with Crippen molar-refractivity contribution in [2.45, 2.75) is 18.4 Å². The molecule has 3 rings (SSSR count). The van der Waals surface area contributed by atoms with Gasteiger partial charge in [0.05, 0.1) is 0 Å². The zero-order chi connectivity index (χ0) is 16.6. The molecule has 3 aromatic rings. The molecule has 3 heteroatoms. The molecule has 0 amide bonds. The fourth-order valence-electron chi connectivity index (χ4n) is 2.21. The number of benzene rings is 2. The van der Waals surface area contributed by atoms with Crippen LogP contribution in [0.1, 0.15) is 22.3 Å². The van der Waals surface area contributed by atoms with Gasteiger partial charge in [0.15, 0.2) is 0 Å². The Kier molecular flexibility index (Phi) is 5.68. The lowest BCUT2D eigenvalue weighted by Crippen LogP contribution is -2.03. The molecule has 0 aliphatic carbocycles. The maximum Gasteiger partial charge on any atom is 0.0314 e. The molecule has 2 nitrogen and oxygen atoms in total. The van der Waals surface area contributed by atoms with Gasteiger partial charge in [0.1, 0.15) is 0 Å². The van der Waals surface area contributed by atoms with E-state index in [0.717, 1.165) is 17.7 Å². The van der Waals surface area contributed by atoms with E-state index in [1.165, 1.54) is 16.0 Å². The summed E-state index contributed by atoms with van der Waals surface area (Å²) >= 11 is 1.65. The maximum atomic E-state index is 4.03. The fraction of sp³-hybridized carbons (Fsp3) is 0.0952. The number of rotatable bonds is 4. The standard InChI is InChI=1S/C21H18N2S/c1-17-15-19(8-7-18-5-3-2-4-6-18)9-10-21(17)24-23-16-20-11-13-22-14-12-20/h2-6,9-15,23H,16H2,1H3. The molecule has 1 N–H and O–H groups in total. The van der Waals surface area contributed by atoms with E-state index in [2.05, 4.69) is 46.7 Å². The first-order valence-corrected chi connectivity index (χ1v) is 8.59. The average molecular weight is 330 g/mol. The highest BCUT2D eigenvalue weighted by molar-refractivity contribution is 7.97. The molecule has 0 saturated carbocycles. The molecule has 1 heterocycles. The van der Waals surface area contributed by atoms with E-state index in [4.69, 9.17) is 0 Å². The summed E-state index contributed by atoms with van der Waals surface area (Å²) in [5, 5.41) is 0. The number of hydrogen-bond donors (Lipinski definition) is 1. The lowest BCUT2D eigenvalue weighted by atomic mass is 10.1. The van der Waals surface area contributed by atoms with Crippen LogP contribution in [0.25, 0.3) is 0 Å². The Morgan fingerprint density at radius 3 is 2.42 bits per heavy atom. The molecule has 0 unspecified atom stereocenters. The Balaban J connectivity index is 1.61. The molecule has 0 bridgehead atoms. The molecule has 118 valence electrons. The summed E-state index contributed by atoms with van der Waals surface area (Å²) in [6, 6.07) is 20.4. The summed E-state index contributed by atoms with van der Waals surface area (Å²) in [6.45, 7) is 2.92. The summed E-state index contributed by atoms with van der Waals surface area (Å²) in [6.07, 6.45) is 3.63. The van der Waals surface area contributed by atoms with Gasteiger partial charge in [-0.2, -0.15) is 0 Å². The van der Waals surface area contributed by atoms with Gasteiger partial charge in [-0.05, 0) is 72.5 Å². The van der Waals surface area contributed by atoms with E-state index in [9.17, 15) is 0 Å². The van der Waals surface area contributed by atoms with Crippen LogP contribution in [-0.2, 0) is 6.54 Å². The number of nitrogens with one attached hydrogen (secondary N) is 1. The summed E-state index contributed by atoms with van der Waals surface area (Å²) in [5.41, 5.74) is 4.52. The molecule has 0 radical (unpaired) electrons. The highest BCUT2D eigenvalue weighted by Crippen LogP contribution is 2.21. The molecule has 24 heavy (non-hydrogen) atoms.